The van der Waals surface area contributed by atoms with Gasteiger partial charge in [-0.2, -0.15) is 0 Å². The third-order valence-electron chi connectivity index (χ3n) is 9.77. The van der Waals surface area contributed by atoms with Crippen molar-refractivity contribution in [2.45, 2.75) is 0 Å². The van der Waals surface area contributed by atoms with Crippen molar-refractivity contribution >= 4 is 81.1 Å². The molecule has 0 aliphatic heterocycles. The molecule has 0 radical (unpaired) electrons. The highest BCUT2D eigenvalue weighted by molar-refractivity contribution is 7.26. The first kappa shape index (κ1) is 27.9. The number of para-hydroxylation sites is 2. The van der Waals surface area contributed by atoms with Crippen LogP contribution >= 0.6 is 11.3 Å². The molecule has 0 aliphatic carbocycles. The molecule has 0 unspecified atom stereocenters. The Bertz CT molecular complexity index is 2810. The highest BCUT2D eigenvalue weighted by Gasteiger charge is 2.22. The van der Waals surface area contributed by atoms with Gasteiger partial charge in [-0.1, -0.05) is 127 Å². The van der Waals surface area contributed by atoms with Crippen LogP contribution in [0.15, 0.2) is 182 Å². The fraction of sp³-hybridized carbons (Fsp3) is 0. The van der Waals surface area contributed by atoms with Gasteiger partial charge in [0.2, 0.25) is 0 Å². The number of fused-ring (bicyclic) bond motifs is 8. The van der Waals surface area contributed by atoms with Gasteiger partial charge < -0.3 is 9.47 Å². The molecule has 0 atom stereocenters. The van der Waals surface area contributed by atoms with Crippen LogP contribution < -0.4 is 4.90 Å². The SMILES string of the molecule is c1ccc(-c2ccc(N(c3ccc4c(c3)sc3c5ccccc5ccc43)c3cccc4c3c3ccccc3n4-c3ccccc3)cc2)cc1. The summed E-state index contributed by atoms with van der Waals surface area (Å²) in [6, 6.07) is 66.1. The maximum Gasteiger partial charge on any atom is 0.0562 e. The summed E-state index contributed by atoms with van der Waals surface area (Å²) >= 11 is 1.89. The predicted molar refractivity (Wildman–Crippen MR) is 211 cm³/mol. The molecule has 0 spiro atoms. The van der Waals surface area contributed by atoms with Crippen LogP contribution in [-0.4, -0.2) is 4.57 Å². The molecule has 0 amide bonds. The maximum absolute atomic E-state index is 2.45. The van der Waals surface area contributed by atoms with Gasteiger partial charge in [-0.25, -0.2) is 0 Å². The molecule has 10 rings (SSSR count). The number of anilines is 3. The van der Waals surface area contributed by atoms with E-state index in [2.05, 4.69) is 191 Å². The second-order valence-corrected chi connectivity index (χ2v) is 13.6. The average molecular weight is 643 g/mol. The van der Waals surface area contributed by atoms with E-state index in [-0.39, 0.29) is 0 Å². The Kier molecular flexibility index (Phi) is 6.39. The average Bonchev–Trinajstić information content (AvgIpc) is 3.72. The van der Waals surface area contributed by atoms with Gasteiger partial charge in [-0.05, 0) is 76.5 Å². The topological polar surface area (TPSA) is 8.17 Å². The molecule has 2 heterocycles. The number of thiophene rings is 1. The van der Waals surface area contributed by atoms with E-state index in [1.54, 1.807) is 0 Å². The molecule has 0 bridgehead atoms. The van der Waals surface area contributed by atoms with Crippen molar-refractivity contribution in [2.75, 3.05) is 4.90 Å². The van der Waals surface area contributed by atoms with Crippen molar-refractivity contribution in [3.63, 3.8) is 0 Å². The van der Waals surface area contributed by atoms with E-state index in [4.69, 9.17) is 0 Å². The van der Waals surface area contributed by atoms with E-state index >= 15 is 0 Å². The molecule has 0 saturated heterocycles. The lowest BCUT2D eigenvalue weighted by Gasteiger charge is -2.27. The van der Waals surface area contributed by atoms with E-state index in [9.17, 15) is 0 Å². The predicted octanol–water partition coefficient (Wildman–Crippen LogP) is 13.4. The molecule has 0 N–H and O–H groups in total. The maximum atomic E-state index is 2.45. The monoisotopic (exact) mass is 642 g/mol. The van der Waals surface area contributed by atoms with Crippen molar-refractivity contribution in [3.8, 4) is 16.8 Å². The summed E-state index contributed by atoms with van der Waals surface area (Å²) in [6.45, 7) is 0. The third kappa shape index (κ3) is 4.47. The molecule has 3 heteroatoms. The number of aromatic nitrogens is 1. The van der Waals surface area contributed by atoms with Crippen LogP contribution in [-0.2, 0) is 0 Å². The van der Waals surface area contributed by atoms with Gasteiger partial charge >= 0.3 is 0 Å². The van der Waals surface area contributed by atoms with Crippen LogP contribution in [0.1, 0.15) is 0 Å². The zero-order valence-electron chi connectivity index (χ0n) is 26.6. The summed E-state index contributed by atoms with van der Waals surface area (Å²) in [5, 5.41) is 7.68. The Morgan fingerprint density at radius 3 is 1.92 bits per heavy atom. The summed E-state index contributed by atoms with van der Waals surface area (Å²) in [7, 11) is 0. The smallest absolute Gasteiger partial charge is 0.0562 e. The lowest BCUT2D eigenvalue weighted by atomic mass is 10.0. The van der Waals surface area contributed by atoms with E-state index in [1.165, 1.54) is 63.9 Å². The van der Waals surface area contributed by atoms with E-state index in [0.29, 0.717) is 0 Å². The first-order chi connectivity index (χ1) is 24.3. The molecule has 2 nitrogen and oxygen atoms in total. The molecule has 230 valence electrons. The van der Waals surface area contributed by atoms with E-state index in [1.807, 2.05) is 11.3 Å². The van der Waals surface area contributed by atoms with Crippen LogP contribution in [0.2, 0.25) is 0 Å². The van der Waals surface area contributed by atoms with Crippen molar-refractivity contribution in [1.82, 2.24) is 4.57 Å². The second-order valence-electron chi connectivity index (χ2n) is 12.6. The van der Waals surface area contributed by atoms with Crippen LogP contribution in [0.3, 0.4) is 0 Å². The molecule has 10 aromatic rings. The summed E-state index contributed by atoms with van der Waals surface area (Å²) in [6.07, 6.45) is 0. The number of benzene rings is 8. The minimum absolute atomic E-state index is 1.12. The third-order valence-corrected chi connectivity index (χ3v) is 11.0. The molecule has 2 aromatic heterocycles. The zero-order valence-corrected chi connectivity index (χ0v) is 27.4. The first-order valence-corrected chi connectivity index (χ1v) is 17.5. The summed E-state index contributed by atoms with van der Waals surface area (Å²) in [4.78, 5) is 2.45. The summed E-state index contributed by atoms with van der Waals surface area (Å²) in [5.41, 5.74) is 9.37. The zero-order chi connectivity index (χ0) is 32.3. The molecular formula is C46H30N2S. The van der Waals surface area contributed by atoms with Crippen molar-refractivity contribution in [2.24, 2.45) is 0 Å². The number of nitrogens with zero attached hydrogens (tertiary/aromatic N) is 2. The Morgan fingerprint density at radius 2 is 1.08 bits per heavy atom. The van der Waals surface area contributed by atoms with Crippen LogP contribution in [0, 0.1) is 0 Å². The van der Waals surface area contributed by atoms with Crippen molar-refractivity contribution in [3.05, 3.63) is 182 Å². The molecule has 0 fully saturated rings. The molecule has 0 aliphatic rings. The highest BCUT2D eigenvalue weighted by atomic mass is 32.1. The van der Waals surface area contributed by atoms with Gasteiger partial charge in [0.25, 0.3) is 0 Å². The van der Waals surface area contributed by atoms with Gasteiger partial charge in [-0.15, -0.1) is 11.3 Å². The second kappa shape index (κ2) is 11.2. The Labute approximate surface area is 288 Å². The Hall–Kier alpha value is -6.16. The Balaban J connectivity index is 1.24. The highest BCUT2D eigenvalue weighted by Crippen LogP contribution is 2.46. The largest absolute Gasteiger partial charge is 0.310 e. The minimum atomic E-state index is 1.12. The van der Waals surface area contributed by atoms with Crippen LogP contribution in [0.4, 0.5) is 17.1 Å². The molecular weight excluding hydrogens is 613 g/mol. The normalized spacial score (nSPS) is 11.7. The first-order valence-electron chi connectivity index (χ1n) is 16.7. The van der Waals surface area contributed by atoms with E-state index < -0.39 is 0 Å². The molecule has 49 heavy (non-hydrogen) atoms. The number of hydrogen-bond acceptors (Lipinski definition) is 2. The standard InChI is InChI=1S/C46H30N2S/c1-3-12-31(13-4-1)32-22-25-35(26-23-32)47(36-27-29-38-39-28-24-33-14-7-8-17-37(33)46(39)49-44(38)30-36)42-20-11-21-43-45(42)40-18-9-10-19-41(40)48(43)34-15-5-2-6-16-34/h1-30H. The minimum Gasteiger partial charge on any atom is -0.310 e. The van der Waals surface area contributed by atoms with Crippen molar-refractivity contribution in [1.29, 1.82) is 0 Å². The van der Waals surface area contributed by atoms with Crippen LogP contribution in [0.25, 0.3) is 69.6 Å². The summed E-state index contributed by atoms with van der Waals surface area (Å²) < 4.78 is 5.02. The van der Waals surface area contributed by atoms with Gasteiger partial charge in [0, 0.05) is 48.0 Å². The van der Waals surface area contributed by atoms with Gasteiger partial charge in [0.05, 0.1) is 16.7 Å². The number of hydrogen-bond donors (Lipinski definition) is 0. The summed E-state index contributed by atoms with van der Waals surface area (Å²) in [5.74, 6) is 0. The van der Waals surface area contributed by atoms with Gasteiger partial charge in [-0.3, -0.25) is 0 Å². The van der Waals surface area contributed by atoms with E-state index in [0.717, 1.165) is 22.7 Å². The molecule has 0 saturated carbocycles. The Morgan fingerprint density at radius 1 is 0.429 bits per heavy atom. The lowest BCUT2D eigenvalue weighted by molar-refractivity contribution is 1.18. The van der Waals surface area contributed by atoms with Gasteiger partial charge in [0.1, 0.15) is 0 Å². The number of rotatable bonds is 5. The molecule has 8 aromatic carbocycles. The lowest BCUT2D eigenvalue weighted by Crippen LogP contribution is -2.10. The van der Waals surface area contributed by atoms with Crippen molar-refractivity contribution < 1.29 is 0 Å². The quantitative estimate of drug-likeness (QED) is 0.181. The fourth-order valence-corrected chi connectivity index (χ4v) is 8.81. The van der Waals surface area contributed by atoms with Gasteiger partial charge in [0.15, 0.2) is 0 Å². The van der Waals surface area contributed by atoms with Crippen LogP contribution in [0.5, 0.6) is 0 Å². The fourth-order valence-electron chi connectivity index (χ4n) is 7.53.